The first-order valence-electron chi connectivity index (χ1n) is 36.0. The van der Waals surface area contributed by atoms with Crippen LogP contribution in [-0.4, -0.2) is 244 Å². The maximum Gasteiger partial charge on any atom is 0.413 e. The fourth-order valence-corrected chi connectivity index (χ4v) is 13.2. The number of H-pyrrole nitrogens is 3. The van der Waals surface area contributed by atoms with Crippen molar-refractivity contribution < 1.29 is 42.9 Å². The summed E-state index contributed by atoms with van der Waals surface area (Å²) in [5, 5.41) is 13.5. The van der Waals surface area contributed by atoms with Crippen molar-refractivity contribution in [2.24, 2.45) is 0 Å². The number of nitrogens with zero attached hydrogens (tertiary/aromatic N) is 16. The monoisotopic (exact) mass is 1490 g/mol. The number of carbonyl (C=O) groups excluding carboxylic acids is 4. The molecular weight excluding hydrogens is 1410 g/mol. The number of hydrogen-bond acceptors (Lipinski definition) is 24. The Balaban J connectivity index is 0.000000145. The largest absolute Gasteiger partial charge is 0.450 e. The van der Waals surface area contributed by atoms with E-state index in [1.165, 1.54) is 0 Å². The van der Waals surface area contributed by atoms with Gasteiger partial charge in [-0.2, -0.15) is 0 Å². The summed E-state index contributed by atoms with van der Waals surface area (Å²) < 4.78 is 27.1. The maximum absolute atomic E-state index is 12.0. The molecule has 12 heterocycles. The highest BCUT2D eigenvalue weighted by molar-refractivity contribution is 6.00. The Morgan fingerprint density at radius 2 is 0.791 bits per heavy atom. The van der Waals surface area contributed by atoms with Crippen LogP contribution in [0.1, 0.15) is 37.9 Å². The summed E-state index contributed by atoms with van der Waals surface area (Å²) in [5.41, 5.74) is 14.8. The number of amides is 6. The lowest BCUT2D eigenvalue weighted by atomic mass is 10.0. The van der Waals surface area contributed by atoms with Gasteiger partial charge in [0, 0.05) is 197 Å². The van der Waals surface area contributed by atoms with Crippen molar-refractivity contribution in [3.63, 3.8) is 0 Å². The summed E-state index contributed by atoms with van der Waals surface area (Å²) in [4.78, 5) is 120. The zero-order valence-corrected chi connectivity index (χ0v) is 62.2. The third-order valence-electron chi connectivity index (χ3n) is 18.8. The first kappa shape index (κ1) is 76.0. The number of likely N-dealkylation sites (N-methyl/N-ethyl adjacent to an activating group) is 1. The number of urea groups is 2. The second-order valence-electron chi connectivity index (χ2n) is 26.2. The molecule has 15 rings (SSSR count). The summed E-state index contributed by atoms with van der Waals surface area (Å²) in [7, 11) is 8.70. The van der Waals surface area contributed by atoms with Gasteiger partial charge in [-0.05, 0) is 110 Å². The molecule has 33 nitrogen and oxygen atoms in total. The lowest BCUT2D eigenvalue weighted by molar-refractivity contribution is -0.134. The number of pyridine rings is 3. The number of benzene rings is 3. The van der Waals surface area contributed by atoms with Crippen LogP contribution in [0.5, 0.6) is 0 Å². The molecule has 110 heavy (non-hydrogen) atoms. The van der Waals surface area contributed by atoms with E-state index in [1.807, 2.05) is 106 Å². The average molecular weight is 1490 g/mol. The molecule has 568 valence electrons. The number of methoxy groups -OCH3 is 4. The number of likely N-dealkylation sites (tertiary alicyclic amines) is 2. The second-order valence-corrected chi connectivity index (χ2v) is 26.2. The van der Waals surface area contributed by atoms with E-state index >= 15 is 0 Å². The van der Waals surface area contributed by atoms with Crippen LogP contribution in [0.3, 0.4) is 0 Å². The van der Waals surface area contributed by atoms with Crippen LogP contribution in [0.15, 0.2) is 147 Å². The van der Waals surface area contributed by atoms with Crippen molar-refractivity contribution in [1.29, 1.82) is 0 Å². The number of hydrogen-bond donors (Lipinski definition) is 8. The average Bonchev–Trinajstić information content (AvgIpc) is 1.59. The molecule has 3 aromatic carbocycles. The van der Waals surface area contributed by atoms with E-state index in [4.69, 9.17) is 33.7 Å². The van der Waals surface area contributed by atoms with Crippen molar-refractivity contribution >= 4 is 75.0 Å². The zero-order chi connectivity index (χ0) is 76.6. The zero-order valence-electron chi connectivity index (χ0n) is 62.2. The van der Waals surface area contributed by atoms with Gasteiger partial charge in [0.25, 0.3) is 0 Å². The van der Waals surface area contributed by atoms with Crippen LogP contribution in [0, 0.1) is 0 Å². The molecule has 3 aliphatic heterocycles. The third-order valence-corrected chi connectivity index (χ3v) is 18.8. The van der Waals surface area contributed by atoms with E-state index in [0.29, 0.717) is 78.6 Å². The third kappa shape index (κ3) is 18.5. The van der Waals surface area contributed by atoms with E-state index in [2.05, 4.69) is 112 Å². The maximum atomic E-state index is 12.0. The number of fused-ring (bicyclic) bond motifs is 3. The lowest BCUT2D eigenvalue weighted by Crippen LogP contribution is -2.48. The van der Waals surface area contributed by atoms with Gasteiger partial charge in [0.05, 0.1) is 71.2 Å². The van der Waals surface area contributed by atoms with Gasteiger partial charge in [-0.3, -0.25) is 50.4 Å². The van der Waals surface area contributed by atoms with E-state index < -0.39 is 6.09 Å². The van der Waals surface area contributed by atoms with Gasteiger partial charge in [0.1, 0.15) is 16.6 Å². The van der Waals surface area contributed by atoms with Gasteiger partial charge in [-0.1, -0.05) is 18.2 Å². The number of piperazine rings is 1. The van der Waals surface area contributed by atoms with Gasteiger partial charge >= 0.3 is 18.2 Å². The minimum absolute atomic E-state index is 0.0623. The molecular formula is C77H86N24O9. The fourth-order valence-electron chi connectivity index (χ4n) is 13.2. The van der Waals surface area contributed by atoms with Crippen molar-refractivity contribution in [1.82, 2.24) is 105 Å². The van der Waals surface area contributed by atoms with E-state index in [-0.39, 0.29) is 54.9 Å². The van der Waals surface area contributed by atoms with Crippen LogP contribution >= 0.6 is 0 Å². The van der Waals surface area contributed by atoms with E-state index in [0.717, 1.165) is 130 Å². The minimum Gasteiger partial charge on any atom is -0.450 e. The van der Waals surface area contributed by atoms with Crippen LogP contribution in [0.25, 0.3) is 101 Å². The van der Waals surface area contributed by atoms with Crippen LogP contribution in [0.4, 0.5) is 32.2 Å². The fraction of sp³-hybridized carbons (Fsp3) is 0.325. The summed E-state index contributed by atoms with van der Waals surface area (Å²) >= 11 is 0. The van der Waals surface area contributed by atoms with Gasteiger partial charge in [-0.25, -0.2) is 59.2 Å². The molecule has 0 aliphatic carbocycles. The molecule has 33 heteroatoms. The predicted octanol–water partition coefficient (Wildman–Crippen LogP) is 9.06. The Kier molecular flexibility index (Phi) is 24.6. The normalized spacial score (nSPS) is 16.7. The first-order chi connectivity index (χ1) is 53.6. The van der Waals surface area contributed by atoms with Gasteiger partial charge in [-0.15, -0.1) is 0 Å². The Morgan fingerprint density at radius 1 is 0.445 bits per heavy atom. The van der Waals surface area contributed by atoms with Crippen molar-refractivity contribution in [2.75, 3.05) is 117 Å². The molecule has 0 spiro atoms. The minimum atomic E-state index is -0.578. The Labute approximate surface area is 633 Å². The SMILES string of the molecule is CCNC(=O)Nc1nc2c(-c3ncccn3)cc(-c3ccc(CN4CCN(C)C(=O)C4)nc3)cc2[nH]1.CCNC(=O)Nc1nc2c(-c3ncccn3)cc(-c3ccc(CN4C[C@H](OC)[C@@H](OC)C4)nc3)cc2[nH]1.CCOC(=O)Nc1nc2c(-c3ncccn3)cc(-c3ccc(CN4C[C@H](OC)[C@@H](OC)C4)nc3)cc2[nH]1. The molecule has 0 unspecified atom stereocenters. The van der Waals surface area contributed by atoms with E-state index in [9.17, 15) is 19.2 Å². The lowest BCUT2D eigenvalue weighted by Gasteiger charge is -2.31. The first-order valence-corrected chi connectivity index (χ1v) is 36.0. The number of aromatic nitrogens is 15. The Bertz CT molecular complexity index is 4880. The van der Waals surface area contributed by atoms with Gasteiger partial charge in [0.15, 0.2) is 17.5 Å². The summed E-state index contributed by atoms with van der Waals surface area (Å²) in [6, 6.07) is 28.7. The number of imidazole rings is 3. The van der Waals surface area contributed by atoms with E-state index in [1.54, 1.807) is 95.6 Å². The Morgan fingerprint density at radius 3 is 1.10 bits per heavy atom. The second kappa shape index (κ2) is 35.7. The number of carbonyl (C=O) groups is 4. The molecule has 12 aromatic rings. The number of anilines is 3. The molecule has 3 fully saturated rings. The van der Waals surface area contributed by atoms with Crippen LogP contribution < -0.4 is 26.6 Å². The number of nitrogens with one attached hydrogen (secondary N) is 8. The number of rotatable bonds is 22. The van der Waals surface area contributed by atoms with Crippen molar-refractivity contribution in [3.8, 4) is 67.5 Å². The van der Waals surface area contributed by atoms with Gasteiger partial charge in [0.2, 0.25) is 23.8 Å². The highest BCUT2D eigenvalue weighted by Crippen LogP contribution is 2.36. The quantitative estimate of drug-likeness (QED) is 0.0313. The van der Waals surface area contributed by atoms with Crippen LogP contribution in [-0.2, 0) is 48.1 Å². The predicted molar refractivity (Wildman–Crippen MR) is 414 cm³/mol. The standard InChI is InChI=1S/C26H30N8O3.C26H29N7O4.C25H27N9O2/c1-4-27-26(35)33-25-31-20-11-17(10-19(23(20)32-25)24-28-8-5-9-29-24)16-6-7-18(30-12-16)13-34-14-21(36-2)22(15-34)37-3;1-4-37-26(34)32-25-30-20-11-17(10-19(23(20)31-25)24-27-8-5-9-28-24)16-6-7-18(29-12-16)13-33-14-21(35-2)22(15-33)36-3;1-3-26-25(36)32-24-30-20-12-17(11-19(22(20)31-24)23-27-7-4-8-28-23)16-5-6-18(29-13-16)14-34-10-9-33(2)21(35)15-34/h5-12,21-22H,4,13-15H2,1-3H3,(H3,27,31,32,33,35);5-12,21-22H,4,13-15H2,1-3H3,(H2,30,31,32,34);4-8,11-13H,3,9-10,14-15H2,1-2H3,(H3,26,30,31,32,36)/t2*21-,22-;/m00./s1. The van der Waals surface area contributed by atoms with Crippen molar-refractivity contribution in [3.05, 3.63) is 164 Å². The molecule has 0 radical (unpaired) electrons. The molecule has 0 bridgehead atoms. The highest BCUT2D eigenvalue weighted by atomic mass is 16.6. The summed E-state index contributed by atoms with van der Waals surface area (Å²) in [6.45, 7) is 14.0. The van der Waals surface area contributed by atoms with Crippen molar-refractivity contribution in [2.45, 2.75) is 64.8 Å². The molecule has 3 saturated heterocycles. The molecule has 8 N–H and O–H groups in total. The summed E-state index contributed by atoms with van der Waals surface area (Å²) in [6.07, 6.45) is 15.3. The number of ether oxygens (including phenoxy) is 5. The molecule has 6 amide bonds. The summed E-state index contributed by atoms with van der Waals surface area (Å²) in [5.74, 6) is 2.70. The number of aromatic amines is 3. The molecule has 3 aliphatic rings. The topological polar surface area (TPSA) is 390 Å². The van der Waals surface area contributed by atoms with Crippen LogP contribution in [0.2, 0.25) is 0 Å². The van der Waals surface area contributed by atoms with Gasteiger partial charge < -0.3 is 54.2 Å². The highest BCUT2D eigenvalue weighted by Gasteiger charge is 2.35. The molecule has 9 aromatic heterocycles. The molecule has 0 saturated carbocycles. The smallest absolute Gasteiger partial charge is 0.413 e. The molecule has 4 atom stereocenters. The Hall–Kier alpha value is -12.2.